The molecule has 1 aromatic heterocycles. The Bertz CT molecular complexity index is 1460. The van der Waals surface area contributed by atoms with Gasteiger partial charge in [0.1, 0.15) is 5.75 Å². The molecule has 0 aliphatic heterocycles. The molecular formula is C30H23BrN2O2S. The maximum Gasteiger partial charge on any atom is 0.173 e. The zero-order chi connectivity index (χ0) is 24.9. The summed E-state index contributed by atoms with van der Waals surface area (Å²) in [5, 5.41) is 0.757. The smallest absolute Gasteiger partial charge is 0.173 e. The first-order valence-electron chi connectivity index (χ1n) is 11.4. The number of Topliss-reactive ketones (excluding diaryl/α,β-unsaturated/α-hetero) is 1. The molecule has 0 bridgehead atoms. The van der Waals surface area contributed by atoms with Gasteiger partial charge in [0.2, 0.25) is 0 Å². The number of thioether (sulfide) groups is 1. The van der Waals surface area contributed by atoms with Crippen molar-refractivity contribution < 1.29 is 9.53 Å². The summed E-state index contributed by atoms with van der Waals surface area (Å²) in [5.41, 5.74) is 5.73. The molecule has 4 aromatic carbocycles. The average Bonchev–Trinajstić information content (AvgIpc) is 3.37. The van der Waals surface area contributed by atoms with Crippen LogP contribution in [0, 0.1) is 0 Å². The third kappa shape index (κ3) is 5.45. The van der Waals surface area contributed by atoms with Crippen LogP contribution in [0.5, 0.6) is 5.75 Å². The lowest BCUT2D eigenvalue weighted by Crippen LogP contribution is -2.04. The Balaban J connectivity index is 1.38. The number of benzene rings is 4. The van der Waals surface area contributed by atoms with Gasteiger partial charge in [-0.05, 0) is 47.5 Å². The number of nitrogens with zero attached hydrogens (tertiary/aromatic N) is 2. The number of hydrogen-bond acceptors (Lipinski definition) is 4. The van der Waals surface area contributed by atoms with Gasteiger partial charge in [-0.2, -0.15) is 0 Å². The molecule has 6 heteroatoms. The van der Waals surface area contributed by atoms with Gasteiger partial charge >= 0.3 is 0 Å². The van der Waals surface area contributed by atoms with Crippen molar-refractivity contribution in [3.8, 4) is 33.8 Å². The Morgan fingerprint density at radius 1 is 0.833 bits per heavy atom. The molecule has 0 amide bonds. The fourth-order valence-electron chi connectivity index (χ4n) is 3.85. The summed E-state index contributed by atoms with van der Waals surface area (Å²) in [4.78, 5) is 17.9. The van der Waals surface area contributed by atoms with Gasteiger partial charge in [0.15, 0.2) is 10.9 Å². The van der Waals surface area contributed by atoms with E-state index in [4.69, 9.17) is 9.72 Å². The van der Waals surface area contributed by atoms with Crippen LogP contribution >= 0.6 is 27.7 Å². The molecule has 0 spiro atoms. The Morgan fingerprint density at radius 2 is 1.47 bits per heavy atom. The molecule has 178 valence electrons. The van der Waals surface area contributed by atoms with Gasteiger partial charge in [0, 0.05) is 27.5 Å². The highest BCUT2D eigenvalue weighted by Gasteiger charge is 2.15. The van der Waals surface area contributed by atoms with Gasteiger partial charge in [0.25, 0.3) is 0 Å². The Kier molecular flexibility index (Phi) is 7.35. The number of hydrogen-bond donors (Lipinski definition) is 0. The lowest BCUT2D eigenvalue weighted by molar-refractivity contribution is 0.102. The van der Waals surface area contributed by atoms with Gasteiger partial charge in [-0.1, -0.05) is 94.4 Å². The van der Waals surface area contributed by atoms with Crippen LogP contribution in [-0.2, 0) is 0 Å². The van der Waals surface area contributed by atoms with Crippen LogP contribution in [0.3, 0.4) is 0 Å². The minimum atomic E-state index is 0.0640. The number of carbonyl (C=O) groups excluding carboxylic acids is 1. The average molecular weight is 555 g/mol. The number of rotatable bonds is 8. The van der Waals surface area contributed by atoms with Crippen LogP contribution in [0.15, 0.2) is 119 Å². The van der Waals surface area contributed by atoms with Crippen molar-refractivity contribution in [3.63, 3.8) is 0 Å². The molecular weight excluding hydrogens is 532 g/mol. The third-order valence-electron chi connectivity index (χ3n) is 5.81. The topological polar surface area (TPSA) is 44.1 Å². The van der Waals surface area contributed by atoms with E-state index in [2.05, 4.69) is 28.1 Å². The van der Waals surface area contributed by atoms with Crippen molar-refractivity contribution >= 4 is 33.5 Å². The van der Waals surface area contributed by atoms with Crippen molar-refractivity contribution in [2.45, 2.75) is 5.16 Å². The zero-order valence-electron chi connectivity index (χ0n) is 19.6. The van der Waals surface area contributed by atoms with Crippen LogP contribution in [-0.4, -0.2) is 28.2 Å². The SMILES string of the molecule is COc1ccc(-n2cc(-c3ccc(Br)cc3)nc2SCC(=O)c2ccc(-c3ccccc3)cc2)cc1. The van der Waals surface area contributed by atoms with Gasteiger partial charge in [-0.15, -0.1) is 0 Å². The summed E-state index contributed by atoms with van der Waals surface area (Å²) < 4.78 is 8.34. The Hall–Kier alpha value is -3.61. The molecule has 5 rings (SSSR count). The normalized spacial score (nSPS) is 10.8. The highest BCUT2D eigenvalue weighted by atomic mass is 79.9. The van der Waals surface area contributed by atoms with Gasteiger partial charge < -0.3 is 4.74 Å². The molecule has 0 saturated heterocycles. The minimum Gasteiger partial charge on any atom is -0.497 e. The standard InChI is InChI=1S/C30H23BrN2O2S/c1-35-27-17-15-26(16-18-27)33-19-28(23-11-13-25(31)14-12-23)32-30(33)36-20-29(34)24-9-7-22(8-10-24)21-5-3-2-4-6-21/h2-19H,20H2,1H3. The first kappa shape index (κ1) is 24.1. The summed E-state index contributed by atoms with van der Waals surface area (Å²) in [6.45, 7) is 0. The largest absolute Gasteiger partial charge is 0.497 e. The van der Waals surface area contributed by atoms with E-state index in [1.54, 1.807) is 7.11 Å². The molecule has 0 radical (unpaired) electrons. The predicted octanol–water partition coefficient (Wildman–Crippen LogP) is 7.95. The Morgan fingerprint density at radius 3 is 2.14 bits per heavy atom. The van der Waals surface area contributed by atoms with Crippen molar-refractivity contribution in [3.05, 3.63) is 119 Å². The van der Waals surface area contributed by atoms with Crippen LogP contribution in [0.2, 0.25) is 0 Å². The Labute approximate surface area is 223 Å². The molecule has 1 heterocycles. The fraction of sp³-hybridized carbons (Fsp3) is 0.0667. The van der Waals surface area contributed by atoms with E-state index in [1.165, 1.54) is 11.8 Å². The molecule has 5 aromatic rings. The molecule has 0 aliphatic carbocycles. The number of carbonyl (C=O) groups is 1. The molecule has 0 aliphatic rings. The quantitative estimate of drug-likeness (QED) is 0.144. The summed E-state index contributed by atoms with van der Waals surface area (Å²) in [6.07, 6.45) is 2.01. The van der Waals surface area contributed by atoms with Crippen molar-refractivity contribution in [2.24, 2.45) is 0 Å². The van der Waals surface area contributed by atoms with Crippen molar-refractivity contribution in [1.29, 1.82) is 0 Å². The van der Waals surface area contributed by atoms with E-state index >= 15 is 0 Å². The monoisotopic (exact) mass is 554 g/mol. The second kappa shape index (κ2) is 11.0. The van der Waals surface area contributed by atoms with E-state index in [9.17, 15) is 4.79 Å². The number of ketones is 1. The molecule has 0 saturated carbocycles. The van der Waals surface area contributed by atoms with Crippen LogP contribution in [0.1, 0.15) is 10.4 Å². The highest BCUT2D eigenvalue weighted by Crippen LogP contribution is 2.29. The minimum absolute atomic E-state index is 0.0640. The maximum atomic E-state index is 13.0. The number of methoxy groups -OCH3 is 1. The number of halogens is 1. The number of imidazole rings is 1. The lowest BCUT2D eigenvalue weighted by Gasteiger charge is -2.08. The molecule has 0 atom stereocenters. The van der Waals surface area contributed by atoms with E-state index in [0.717, 1.165) is 43.5 Å². The summed E-state index contributed by atoms with van der Waals surface area (Å²) in [6, 6.07) is 33.8. The maximum absolute atomic E-state index is 13.0. The molecule has 4 nitrogen and oxygen atoms in total. The third-order valence-corrected chi connectivity index (χ3v) is 7.29. The number of aromatic nitrogens is 2. The second-order valence-electron chi connectivity index (χ2n) is 8.14. The molecule has 0 N–H and O–H groups in total. The summed E-state index contributed by atoms with van der Waals surface area (Å²) >= 11 is 4.93. The van der Waals surface area contributed by atoms with Gasteiger partial charge in [0.05, 0.1) is 18.6 Å². The highest BCUT2D eigenvalue weighted by molar-refractivity contribution is 9.10. The van der Waals surface area contributed by atoms with Crippen molar-refractivity contribution in [1.82, 2.24) is 9.55 Å². The molecule has 0 fully saturated rings. The van der Waals surface area contributed by atoms with E-state index < -0.39 is 0 Å². The zero-order valence-corrected chi connectivity index (χ0v) is 22.0. The summed E-state index contributed by atoms with van der Waals surface area (Å²) in [5.74, 6) is 1.14. The summed E-state index contributed by atoms with van der Waals surface area (Å²) in [7, 11) is 1.65. The van der Waals surface area contributed by atoms with Gasteiger partial charge in [-0.25, -0.2) is 4.98 Å². The van der Waals surface area contributed by atoms with Crippen LogP contribution < -0.4 is 4.74 Å². The second-order valence-corrected chi connectivity index (χ2v) is 10.00. The van der Waals surface area contributed by atoms with Gasteiger partial charge in [-0.3, -0.25) is 9.36 Å². The van der Waals surface area contributed by atoms with Crippen LogP contribution in [0.4, 0.5) is 0 Å². The first-order valence-corrected chi connectivity index (χ1v) is 13.2. The lowest BCUT2D eigenvalue weighted by atomic mass is 10.0. The fourth-order valence-corrected chi connectivity index (χ4v) is 5.00. The van der Waals surface area contributed by atoms with E-state index in [-0.39, 0.29) is 11.5 Å². The number of ether oxygens (including phenoxy) is 1. The predicted molar refractivity (Wildman–Crippen MR) is 150 cm³/mol. The van der Waals surface area contributed by atoms with Crippen molar-refractivity contribution in [2.75, 3.05) is 12.9 Å². The van der Waals surface area contributed by atoms with E-state index in [1.807, 2.05) is 102 Å². The first-order chi connectivity index (χ1) is 17.6. The molecule has 0 unspecified atom stereocenters. The van der Waals surface area contributed by atoms with Crippen LogP contribution in [0.25, 0.3) is 28.1 Å². The van der Waals surface area contributed by atoms with E-state index in [0.29, 0.717) is 5.56 Å². The molecule has 36 heavy (non-hydrogen) atoms.